The van der Waals surface area contributed by atoms with Crippen LogP contribution in [0.2, 0.25) is 0 Å². The van der Waals surface area contributed by atoms with Gasteiger partial charge in [-0.2, -0.15) is 4.68 Å². The van der Waals surface area contributed by atoms with Gasteiger partial charge in [0.25, 0.3) is 0 Å². The van der Waals surface area contributed by atoms with Gasteiger partial charge in [-0.25, -0.2) is 4.39 Å². The zero-order chi connectivity index (χ0) is 13.8. The van der Waals surface area contributed by atoms with Crippen molar-refractivity contribution in [2.24, 2.45) is 4.99 Å². The van der Waals surface area contributed by atoms with Crippen LogP contribution < -0.4 is 0 Å². The highest BCUT2D eigenvalue weighted by Crippen LogP contribution is 2.21. The van der Waals surface area contributed by atoms with E-state index in [9.17, 15) is 4.39 Å². The number of benzene rings is 2. The Morgan fingerprint density at radius 3 is 2.60 bits per heavy atom. The summed E-state index contributed by atoms with van der Waals surface area (Å²) in [6.45, 7) is 0. The molecular formula is C14H10FN5. The van der Waals surface area contributed by atoms with Gasteiger partial charge in [0.05, 0.1) is 11.4 Å². The molecule has 0 saturated carbocycles. The molecule has 0 unspecified atom stereocenters. The highest BCUT2D eigenvalue weighted by atomic mass is 19.1. The van der Waals surface area contributed by atoms with E-state index in [1.54, 1.807) is 18.3 Å². The van der Waals surface area contributed by atoms with E-state index >= 15 is 0 Å². The predicted molar refractivity (Wildman–Crippen MR) is 72.8 cm³/mol. The molecule has 0 atom stereocenters. The van der Waals surface area contributed by atoms with Crippen LogP contribution in [0, 0.1) is 5.82 Å². The van der Waals surface area contributed by atoms with Crippen LogP contribution in [0.15, 0.2) is 59.9 Å². The maximum absolute atomic E-state index is 12.8. The molecule has 0 aliphatic rings. The molecule has 0 bridgehead atoms. The van der Waals surface area contributed by atoms with Crippen LogP contribution in [0.25, 0.3) is 5.69 Å². The maximum atomic E-state index is 12.8. The average molecular weight is 267 g/mol. The third-order valence-electron chi connectivity index (χ3n) is 2.70. The predicted octanol–water partition coefficient (Wildman–Crippen LogP) is 2.55. The van der Waals surface area contributed by atoms with Crippen molar-refractivity contribution in [2.75, 3.05) is 0 Å². The Labute approximate surface area is 114 Å². The molecule has 0 N–H and O–H groups in total. The van der Waals surface area contributed by atoms with Gasteiger partial charge in [-0.15, -0.1) is 5.10 Å². The number of rotatable bonds is 3. The maximum Gasteiger partial charge on any atom is 0.143 e. The Kier molecular flexibility index (Phi) is 3.28. The first-order valence-electron chi connectivity index (χ1n) is 5.95. The average Bonchev–Trinajstić information content (AvgIpc) is 3.01. The second-order valence-corrected chi connectivity index (χ2v) is 4.05. The lowest BCUT2D eigenvalue weighted by Crippen LogP contribution is -1.95. The molecule has 0 fully saturated rings. The molecule has 20 heavy (non-hydrogen) atoms. The lowest BCUT2D eigenvalue weighted by Gasteiger charge is -2.03. The summed E-state index contributed by atoms with van der Waals surface area (Å²) in [6, 6.07) is 13.6. The molecule has 3 rings (SSSR count). The van der Waals surface area contributed by atoms with Crippen molar-refractivity contribution < 1.29 is 4.39 Å². The summed E-state index contributed by atoms with van der Waals surface area (Å²) in [6.07, 6.45) is 3.18. The van der Waals surface area contributed by atoms with Gasteiger partial charge in [0.2, 0.25) is 0 Å². The molecule has 1 aromatic heterocycles. The first-order chi connectivity index (χ1) is 9.83. The topological polar surface area (TPSA) is 56.0 Å². The summed E-state index contributed by atoms with van der Waals surface area (Å²) in [5.41, 5.74) is 2.32. The van der Waals surface area contributed by atoms with Gasteiger partial charge in [0.1, 0.15) is 12.1 Å². The van der Waals surface area contributed by atoms with Gasteiger partial charge in [-0.05, 0) is 40.3 Å². The number of aliphatic imine (C=N–C) groups is 1. The van der Waals surface area contributed by atoms with Crippen molar-refractivity contribution in [3.05, 3.63) is 66.2 Å². The highest BCUT2D eigenvalue weighted by Gasteiger charge is 2.03. The van der Waals surface area contributed by atoms with Gasteiger partial charge >= 0.3 is 0 Å². The van der Waals surface area contributed by atoms with Crippen molar-refractivity contribution >= 4 is 11.9 Å². The number of aromatic nitrogens is 4. The zero-order valence-corrected chi connectivity index (χ0v) is 10.4. The summed E-state index contributed by atoms with van der Waals surface area (Å²) in [4.78, 5) is 4.40. The lowest BCUT2D eigenvalue weighted by atomic mass is 10.2. The van der Waals surface area contributed by atoms with Crippen LogP contribution in [0.1, 0.15) is 5.56 Å². The molecular weight excluding hydrogens is 257 g/mol. The fourth-order valence-electron chi connectivity index (χ4n) is 1.73. The molecule has 0 aliphatic carbocycles. The van der Waals surface area contributed by atoms with Crippen molar-refractivity contribution in [1.82, 2.24) is 20.2 Å². The van der Waals surface area contributed by atoms with Gasteiger partial charge in [0.15, 0.2) is 0 Å². The number of halogens is 1. The molecule has 0 spiro atoms. The van der Waals surface area contributed by atoms with Crippen LogP contribution >= 0.6 is 0 Å². The summed E-state index contributed by atoms with van der Waals surface area (Å²) < 4.78 is 14.4. The van der Waals surface area contributed by atoms with Gasteiger partial charge in [0, 0.05) is 6.21 Å². The minimum atomic E-state index is -0.267. The van der Waals surface area contributed by atoms with E-state index in [0.29, 0.717) is 0 Å². The smallest absolute Gasteiger partial charge is 0.143 e. The van der Waals surface area contributed by atoms with Crippen LogP contribution in [-0.4, -0.2) is 26.4 Å². The molecule has 0 amide bonds. The standard InChI is InChI=1S/C14H10FN5/c15-12-7-5-11(6-8-12)9-16-13-3-1-2-4-14(13)20-10-17-18-19-20/h1-10H. The van der Waals surface area contributed by atoms with Crippen molar-refractivity contribution in [1.29, 1.82) is 0 Å². The van der Waals surface area contributed by atoms with E-state index in [2.05, 4.69) is 20.5 Å². The third-order valence-corrected chi connectivity index (χ3v) is 2.70. The Bertz CT molecular complexity index is 720. The monoisotopic (exact) mass is 267 g/mol. The Morgan fingerprint density at radius 2 is 1.85 bits per heavy atom. The minimum Gasteiger partial charge on any atom is -0.254 e. The van der Waals surface area contributed by atoms with E-state index < -0.39 is 0 Å². The Morgan fingerprint density at radius 1 is 1.05 bits per heavy atom. The summed E-state index contributed by atoms with van der Waals surface area (Å²) in [5, 5.41) is 11.1. The normalized spacial score (nSPS) is 11.1. The van der Waals surface area contributed by atoms with Gasteiger partial charge < -0.3 is 0 Å². The quantitative estimate of drug-likeness (QED) is 0.685. The number of tetrazole rings is 1. The number of hydrogen-bond acceptors (Lipinski definition) is 4. The molecule has 5 nitrogen and oxygen atoms in total. The number of para-hydroxylation sites is 2. The molecule has 0 saturated heterocycles. The SMILES string of the molecule is Fc1ccc(C=Nc2ccccc2-n2cnnn2)cc1. The van der Waals surface area contributed by atoms with Crippen molar-refractivity contribution in [2.45, 2.75) is 0 Å². The summed E-state index contributed by atoms with van der Waals surface area (Å²) >= 11 is 0. The zero-order valence-electron chi connectivity index (χ0n) is 10.4. The van der Waals surface area contributed by atoms with E-state index in [-0.39, 0.29) is 5.82 Å². The van der Waals surface area contributed by atoms with E-state index in [4.69, 9.17) is 0 Å². The fourth-order valence-corrected chi connectivity index (χ4v) is 1.73. The van der Waals surface area contributed by atoms with Crippen LogP contribution in [-0.2, 0) is 0 Å². The molecule has 1 heterocycles. The fraction of sp³-hybridized carbons (Fsp3) is 0. The molecule has 0 aliphatic heterocycles. The van der Waals surface area contributed by atoms with E-state index in [1.165, 1.54) is 23.1 Å². The number of hydrogen-bond donors (Lipinski definition) is 0. The first-order valence-corrected chi connectivity index (χ1v) is 5.95. The second-order valence-electron chi connectivity index (χ2n) is 4.05. The highest BCUT2D eigenvalue weighted by molar-refractivity contribution is 5.82. The first kappa shape index (κ1) is 12.2. The van der Waals surface area contributed by atoms with E-state index in [1.807, 2.05) is 24.3 Å². The van der Waals surface area contributed by atoms with Crippen LogP contribution in [0.4, 0.5) is 10.1 Å². The molecule has 2 aromatic carbocycles. The molecule has 98 valence electrons. The van der Waals surface area contributed by atoms with Crippen LogP contribution in [0.5, 0.6) is 0 Å². The summed E-state index contributed by atoms with van der Waals surface area (Å²) in [5.74, 6) is -0.267. The Balaban J connectivity index is 1.93. The van der Waals surface area contributed by atoms with E-state index in [0.717, 1.165) is 16.9 Å². The minimum absolute atomic E-state index is 0.267. The number of nitrogens with zero attached hydrogens (tertiary/aromatic N) is 5. The third kappa shape index (κ3) is 2.59. The second kappa shape index (κ2) is 5.40. The van der Waals surface area contributed by atoms with Gasteiger partial charge in [-0.3, -0.25) is 4.99 Å². The van der Waals surface area contributed by atoms with Crippen molar-refractivity contribution in [3.63, 3.8) is 0 Å². The molecule has 6 heteroatoms. The summed E-state index contributed by atoms with van der Waals surface area (Å²) in [7, 11) is 0. The Hall–Kier alpha value is -2.89. The lowest BCUT2D eigenvalue weighted by molar-refractivity contribution is 0.628. The van der Waals surface area contributed by atoms with Gasteiger partial charge in [-0.1, -0.05) is 24.3 Å². The van der Waals surface area contributed by atoms with Crippen molar-refractivity contribution in [3.8, 4) is 5.69 Å². The molecule has 0 radical (unpaired) electrons. The molecule has 3 aromatic rings. The largest absolute Gasteiger partial charge is 0.254 e. The van der Waals surface area contributed by atoms with Crippen LogP contribution in [0.3, 0.4) is 0 Å².